The highest BCUT2D eigenvalue weighted by Crippen LogP contribution is 2.28. The SMILES string of the molecule is O=C1C[C@@H](c2ccccc2)N(C(=O)C[C@@H]2C=CCC2)CCN1. The number of hydrogen-bond donors (Lipinski definition) is 1. The third kappa shape index (κ3) is 3.38. The average Bonchev–Trinajstić information content (AvgIpc) is 2.95. The van der Waals surface area contributed by atoms with Crippen molar-refractivity contribution < 1.29 is 9.59 Å². The Morgan fingerprint density at radius 1 is 1.27 bits per heavy atom. The molecule has 0 radical (unpaired) electrons. The van der Waals surface area contributed by atoms with Crippen LogP contribution in [0.1, 0.15) is 37.3 Å². The third-order valence-corrected chi connectivity index (χ3v) is 4.48. The molecule has 1 saturated heterocycles. The first kappa shape index (κ1) is 14.8. The van der Waals surface area contributed by atoms with Crippen LogP contribution in [0.3, 0.4) is 0 Å². The molecule has 2 atom stereocenters. The van der Waals surface area contributed by atoms with Crippen molar-refractivity contribution in [2.24, 2.45) is 5.92 Å². The topological polar surface area (TPSA) is 49.4 Å². The molecule has 1 aliphatic heterocycles. The molecule has 1 aliphatic carbocycles. The maximum Gasteiger partial charge on any atom is 0.223 e. The van der Waals surface area contributed by atoms with Gasteiger partial charge in [0.1, 0.15) is 0 Å². The molecule has 3 rings (SSSR count). The number of hydrogen-bond acceptors (Lipinski definition) is 2. The summed E-state index contributed by atoms with van der Waals surface area (Å²) in [7, 11) is 0. The van der Waals surface area contributed by atoms with Gasteiger partial charge in [0.2, 0.25) is 11.8 Å². The highest BCUT2D eigenvalue weighted by atomic mass is 16.2. The molecule has 4 heteroatoms. The van der Waals surface area contributed by atoms with Gasteiger partial charge in [0.05, 0.1) is 12.5 Å². The van der Waals surface area contributed by atoms with Crippen molar-refractivity contribution in [3.8, 4) is 0 Å². The molecule has 0 bridgehead atoms. The highest BCUT2D eigenvalue weighted by Gasteiger charge is 2.30. The lowest BCUT2D eigenvalue weighted by Crippen LogP contribution is -2.37. The van der Waals surface area contributed by atoms with Gasteiger partial charge in [-0.05, 0) is 24.3 Å². The van der Waals surface area contributed by atoms with Crippen molar-refractivity contribution in [1.82, 2.24) is 10.2 Å². The molecule has 0 spiro atoms. The normalized spacial score (nSPS) is 24.9. The second kappa shape index (κ2) is 6.77. The second-order valence-corrected chi connectivity index (χ2v) is 6.04. The molecule has 1 aromatic carbocycles. The zero-order valence-electron chi connectivity index (χ0n) is 12.7. The van der Waals surface area contributed by atoms with E-state index in [9.17, 15) is 9.59 Å². The number of benzene rings is 1. The number of carbonyl (C=O) groups is 2. The van der Waals surface area contributed by atoms with E-state index in [1.165, 1.54) is 0 Å². The Hall–Kier alpha value is -2.10. The van der Waals surface area contributed by atoms with E-state index in [0.29, 0.717) is 31.8 Å². The second-order valence-electron chi connectivity index (χ2n) is 6.04. The molecule has 2 amide bonds. The van der Waals surface area contributed by atoms with Crippen LogP contribution in [0.15, 0.2) is 42.5 Å². The lowest BCUT2D eigenvalue weighted by atomic mass is 9.99. The Bertz CT molecular complexity index is 568. The van der Waals surface area contributed by atoms with Gasteiger partial charge in [0.15, 0.2) is 0 Å². The number of nitrogens with one attached hydrogen (secondary N) is 1. The van der Waals surface area contributed by atoms with E-state index in [1.807, 2.05) is 35.2 Å². The fourth-order valence-electron chi connectivity index (χ4n) is 3.31. The number of allylic oxidation sites excluding steroid dienone is 2. The van der Waals surface area contributed by atoms with Gasteiger partial charge >= 0.3 is 0 Å². The maximum absolute atomic E-state index is 12.8. The summed E-state index contributed by atoms with van der Waals surface area (Å²) in [6.45, 7) is 1.12. The molecular weight excluding hydrogens is 276 g/mol. The van der Waals surface area contributed by atoms with Crippen LogP contribution in [0.4, 0.5) is 0 Å². The van der Waals surface area contributed by atoms with E-state index >= 15 is 0 Å². The maximum atomic E-state index is 12.8. The van der Waals surface area contributed by atoms with Gasteiger partial charge < -0.3 is 10.2 Å². The highest BCUT2D eigenvalue weighted by molar-refractivity contribution is 5.81. The first-order chi connectivity index (χ1) is 10.7. The predicted molar refractivity (Wildman–Crippen MR) is 85.0 cm³/mol. The van der Waals surface area contributed by atoms with Gasteiger partial charge in [-0.15, -0.1) is 0 Å². The van der Waals surface area contributed by atoms with E-state index in [0.717, 1.165) is 18.4 Å². The molecule has 1 N–H and O–H groups in total. The first-order valence-corrected chi connectivity index (χ1v) is 8.02. The minimum atomic E-state index is -0.151. The molecule has 1 heterocycles. The van der Waals surface area contributed by atoms with Crippen molar-refractivity contribution >= 4 is 11.8 Å². The van der Waals surface area contributed by atoms with Crippen molar-refractivity contribution in [3.63, 3.8) is 0 Å². The molecular formula is C18H22N2O2. The lowest BCUT2D eigenvalue weighted by molar-refractivity contribution is -0.134. The Labute approximate surface area is 131 Å². The average molecular weight is 298 g/mol. The lowest BCUT2D eigenvalue weighted by Gasteiger charge is -2.30. The summed E-state index contributed by atoms with van der Waals surface area (Å²) in [6, 6.07) is 9.72. The van der Waals surface area contributed by atoms with Gasteiger partial charge in [-0.3, -0.25) is 9.59 Å². The first-order valence-electron chi connectivity index (χ1n) is 8.02. The molecule has 22 heavy (non-hydrogen) atoms. The van der Waals surface area contributed by atoms with Gasteiger partial charge in [0, 0.05) is 19.5 Å². The van der Waals surface area contributed by atoms with Crippen LogP contribution >= 0.6 is 0 Å². The Morgan fingerprint density at radius 2 is 2.09 bits per heavy atom. The molecule has 2 aliphatic rings. The van der Waals surface area contributed by atoms with Crippen LogP contribution in [0, 0.1) is 5.92 Å². The molecule has 0 aromatic heterocycles. The third-order valence-electron chi connectivity index (χ3n) is 4.48. The molecule has 0 saturated carbocycles. The summed E-state index contributed by atoms with van der Waals surface area (Å²) in [4.78, 5) is 26.6. The van der Waals surface area contributed by atoms with Gasteiger partial charge in [-0.2, -0.15) is 0 Å². The van der Waals surface area contributed by atoms with Gasteiger partial charge in [-0.1, -0.05) is 42.5 Å². The summed E-state index contributed by atoms with van der Waals surface area (Å²) in [5, 5.41) is 2.88. The van der Waals surface area contributed by atoms with Crippen LogP contribution in [-0.2, 0) is 9.59 Å². The molecule has 0 unspecified atom stereocenters. The number of carbonyl (C=O) groups excluding carboxylic acids is 2. The smallest absolute Gasteiger partial charge is 0.223 e. The van der Waals surface area contributed by atoms with Crippen LogP contribution in [0.5, 0.6) is 0 Å². The quantitative estimate of drug-likeness (QED) is 0.871. The minimum Gasteiger partial charge on any atom is -0.354 e. The van der Waals surface area contributed by atoms with E-state index < -0.39 is 0 Å². The van der Waals surface area contributed by atoms with Crippen molar-refractivity contribution in [3.05, 3.63) is 48.0 Å². The summed E-state index contributed by atoms with van der Waals surface area (Å²) >= 11 is 0. The molecule has 1 fully saturated rings. The van der Waals surface area contributed by atoms with Crippen LogP contribution in [0.25, 0.3) is 0 Å². The Kier molecular flexibility index (Phi) is 4.56. The van der Waals surface area contributed by atoms with Gasteiger partial charge in [0.25, 0.3) is 0 Å². The Morgan fingerprint density at radius 3 is 2.82 bits per heavy atom. The van der Waals surface area contributed by atoms with Crippen LogP contribution in [0.2, 0.25) is 0 Å². The predicted octanol–water partition coefficient (Wildman–Crippen LogP) is 2.43. The van der Waals surface area contributed by atoms with Crippen molar-refractivity contribution in [2.45, 2.75) is 31.7 Å². The van der Waals surface area contributed by atoms with E-state index in [-0.39, 0.29) is 17.9 Å². The van der Waals surface area contributed by atoms with E-state index in [2.05, 4.69) is 17.5 Å². The minimum absolute atomic E-state index is 0.0184. The number of nitrogens with zero attached hydrogens (tertiary/aromatic N) is 1. The standard InChI is InChI=1S/C18H22N2O2/c21-17-13-16(15-8-2-1-3-9-15)20(11-10-19-17)18(22)12-14-6-4-5-7-14/h1-4,6,8-9,14,16H,5,7,10-13H2,(H,19,21)/t14-,16+/m1/s1. The summed E-state index contributed by atoms with van der Waals surface area (Å²) < 4.78 is 0. The zero-order valence-corrected chi connectivity index (χ0v) is 12.7. The molecule has 4 nitrogen and oxygen atoms in total. The van der Waals surface area contributed by atoms with Crippen molar-refractivity contribution in [1.29, 1.82) is 0 Å². The Balaban J connectivity index is 1.79. The molecule has 116 valence electrons. The fourth-order valence-corrected chi connectivity index (χ4v) is 3.31. The zero-order chi connectivity index (χ0) is 15.4. The summed E-state index contributed by atoms with van der Waals surface area (Å²) in [5.74, 6) is 0.530. The van der Waals surface area contributed by atoms with E-state index in [4.69, 9.17) is 0 Å². The number of rotatable bonds is 3. The van der Waals surface area contributed by atoms with Gasteiger partial charge in [-0.25, -0.2) is 0 Å². The van der Waals surface area contributed by atoms with E-state index in [1.54, 1.807) is 0 Å². The largest absolute Gasteiger partial charge is 0.354 e. The molecule has 1 aromatic rings. The monoisotopic (exact) mass is 298 g/mol. The van der Waals surface area contributed by atoms with Crippen LogP contribution < -0.4 is 5.32 Å². The summed E-state index contributed by atoms with van der Waals surface area (Å²) in [5.41, 5.74) is 1.04. The fraction of sp³-hybridized carbons (Fsp3) is 0.444. The van der Waals surface area contributed by atoms with Crippen molar-refractivity contribution in [2.75, 3.05) is 13.1 Å². The summed E-state index contributed by atoms with van der Waals surface area (Å²) in [6.07, 6.45) is 7.33. The number of amides is 2. The van der Waals surface area contributed by atoms with Crippen LogP contribution in [-0.4, -0.2) is 29.8 Å².